The highest BCUT2D eigenvalue weighted by Gasteiger charge is 2.34. The molecule has 6 aromatic rings. The molecule has 0 aliphatic carbocycles. The lowest BCUT2D eigenvalue weighted by Gasteiger charge is -2.30. The van der Waals surface area contributed by atoms with E-state index in [-0.39, 0.29) is 0 Å². The number of esters is 4. The van der Waals surface area contributed by atoms with Gasteiger partial charge in [-0.1, -0.05) is 80.4 Å². The summed E-state index contributed by atoms with van der Waals surface area (Å²) in [6.45, 7) is 22.0. The van der Waals surface area contributed by atoms with Crippen molar-refractivity contribution in [2.24, 2.45) is 0 Å². The summed E-state index contributed by atoms with van der Waals surface area (Å²) in [5.74, 6) is -0.692. The zero-order chi connectivity index (χ0) is 53.1. The molecule has 378 valence electrons. The van der Waals surface area contributed by atoms with E-state index in [1.165, 1.54) is 0 Å². The average Bonchev–Trinajstić information content (AvgIpc) is 3.28. The Morgan fingerprint density at radius 1 is 0.347 bits per heavy atom. The van der Waals surface area contributed by atoms with Crippen LogP contribution in [0.3, 0.4) is 0 Å². The molecule has 0 saturated heterocycles. The lowest BCUT2D eigenvalue weighted by Crippen LogP contribution is -2.29. The predicted octanol–water partition coefficient (Wildman–Crippen LogP) is 12.2. The van der Waals surface area contributed by atoms with Crippen molar-refractivity contribution < 1.29 is 47.6 Å². The normalized spacial score (nSPS) is 12.1. The van der Waals surface area contributed by atoms with Gasteiger partial charge >= 0.3 is 23.9 Å². The van der Waals surface area contributed by atoms with E-state index in [2.05, 4.69) is 31.9 Å². The molecule has 0 saturated carbocycles. The van der Waals surface area contributed by atoms with Crippen LogP contribution in [0, 0.1) is 0 Å². The molecule has 0 bridgehead atoms. The summed E-state index contributed by atoms with van der Waals surface area (Å²) in [4.78, 5) is 53.5. The second kappa shape index (κ2) is 22.4. The Balaban J connectivity index is 1.67. The first-order chi connectivity index (χ1) is 33.6. The summed E-state index contributed by atoms with van der Waals surface area (Å²) in [5, 5.41) is 5.23. The zero-order valence-corrected chi connectivity index (χ0v) is 48.2. The van der Waals surface area contributed by atoms with E-state index in [1.54, 1.807) is 62.8 Å². The maximum atomic E-state index is 13.4. The quantitative estimate of drug-likeness (QED) is 0.0627. The van der Waals surface area contributed by atoms with Gasteiger partial charge in [0.25, 0.3) is 0 Å². The van der Waals surface area contributed by atoms with Crippen molar-refractivity contribution in [3.05, 3.63) is 153 Å². The predicted molar refractivity (Wildman–Crippen MR) is 298 cm³/mol. The minimum absolute atomic E-state index is 0.394. The largest absolute Gasteiger partial charge is 0.496 e. The molecule has 0 aromatic heterocycles. The lowest BCUT2D eigenvalue weighted by atomic mass is 10.0. The molecule has 0 heterocycles. The Morgan fingerprint density at radius 3 is 0.736 bits per heavy atom. The van der Waals surface area contributed by atoms with E-state index in [0.717, 1.165) is 51.9 Å². The van der Waals surface area contributed by atoms with Crippen LogP contribution in [0.4, 0.5) is 0 Å². The molecule has 0 spiro atoms. The molecule has 0 unspecified atom stereocenters. The van der Waals surface area contributed by atoms with Gasteiger partial charge in [0, 0.05) is 30.7 Å². The van der Waals surface area contributed by atoms with Crippen molar-refractivity contribution in [3.63, 3.8) is 0 Å². The SMILES string of the molecule is COc1ccc(Br)c(P(c2ccc(C(=O)OC(C)(C)C)cc2)c2ccc(C(=O)OC(C)(C)C)cc2)c1-c1c(OC)ccc(Br)c1P(c1ccc(C(=O)OC(C)(C)C)cc1)c1ccc(C(=O)OC(C)(C)C)cc1. The molecule has 0 fully saturated rings. The topological polar surface area (TPSA) is 124 Å². The molecule has 0 aliphatic rings. The molecule has 72 heavy (non-hydrogen) atoms. The molecule has 6 rings (SSSR count). The first kappa shape index (κ1) is 55.9. The van der Waals surface area contributed by atoms with Gasteiger partial charge < -0.3 is 28.4 Å². The Morgan fingerprint density at radius 2 is 0.556 bits per heavy atom. The number of methoxy groups -OCH3 is 2. The Labute approximate surface area is 443 Å². The van der Waals surface area contributed by atoms with Gasteiger partial charge in [0.05, 0.1) is 36.5 Å². The molecule has 0 N–H and O–H groups in total. The van der Waals surface area contributed by atoms with Gasteiger partial charge in [0.2, 0.25) is 0 Å². The van der Waals surface area contributed by atoms with Gasteiger partial charge in [0.15, 0.2) is 0 Å². The summed E-state index contributed by atoms with van der Waals surface area (Å²) < 4.78 is 37.2. The van der Waals surface area contributed by atoms with E-state index in [0.29, 0.717) is 33.8 Å². The molecule has 0 amide bonds. The molecule has 0 atom stereocenters. The smallest absolute Gasteiger partial charge is 0.338 e. The van der Waals surface area contributed by atoms with Gasteiger partial charge in [-0.05, 0) is 193 Å². The van der Waals surface area contributed by atoms with Crippen molar-refractivity contribution in [1.82, 2.24) is 0 Å². The third-order valence-corrected chi connectivity index (χ3v) is 17.4. The van der Waals surface area contributed by atoms with Gasteiger partial charge in [-0.15, -0.1) is 0 Å². The minimum atomic E-state index is -1.56. The molecule has 0 radical (unpaired) electrons. The maximum absolute atomic E-state index is 13.4. The number of carbonyl (C=O) groups is 4. The number of hydrogen-bond acceptors (Lipinski definition) is 10. The zero-order valence-electron chi connectivity index (χ0n) is 43.3. The van der Waals surface area contributed by atoms with Crippen LogP contribution in [0.5, 0.6) is 11.5 Å². The fraction of sp³-hybridized carbons (Fsp3) is 0.310. The summed E-state index contributed by atoms with van der Waals surface area (Å²) in [7, 11) is 0.130. The van der Waals surface area contributed by atoms with Crippen molar-refractivity contribution >= 4 is 103 Å². The fourth-order valence-electron chi connectivity index (χ4n) is 7.50. The van der Waals surface area contributed by atoms with Gasteiger partial charge in [-0.2, -0.15) is 0 Å². The number of benzene rings is 6. The van der Waals surface area contributed by atoms with Crippen molar-refractivity contribution in [2.75, 3.05) is 14.2 Å². The van der Waals surface area contributed by atoms with Crippen LogP contribution in [-0.2, 0) is 18.9 Å². The number of carbonyl (C=O) groups excluding carboxylic acids is 4. The Bertz CT molecular complexity index is 2600. The second-order valence-electron chi connectivity index (χ2n) is 20.8. The summed E-state index contributed by atoms with van der Waals surface area (Å²) in [6.07, 6.45) is 0. The first-order valence-corrected chi connectivity index (χ1v) is 27.5. The highest BCUT2D eigenvalue weighted by molar-refractivity contribution is 9.11. The Hall–Kier alpha value is -5.38. The molecule has 14 heteroatoms. The summed E-state index contributed by atoms with van der Waals surface area (Å²) in [6, 6.07) is 37.4. The van der Waals surface area contributed by atoms with Crippen LogP contribution in [0.25, 0.3) is 11.1 Å². The van der Waals surface area contributed by atoms with Gasteiger partial charge in [-0.25, -0.2) is 19.2 Å². The monoisotopic (exact) mass is 1140 g/mol. The van der Waals surface area contributed by atoms with Crippen LogP contribution < -0.4 is 41.3 Å². The lowest BCUT2D eigenvalue weighted by molar-refractivity contribution is 0.00570. The number of hydrogen-bond donors (Lipinski definition) is 0. The number of halogens is 2. The highest BCUT2D eigenvalue weighted by Crippen LogP contribution is 2.50. The van der Waals surface area contributed by atoms with Crippen LogP contribution in [0.1, 0.15) is 125 Å². The minimum Gasteiger partial charge on any atom is -0.496 e. The van der Waals surface area contributed by atoms with Crippen LogP contribution in [0.2, 0.25) is 0 Å². The average molecular weight is 1140 g/mol. The van der Waals surface area contributed by atoms with Gasteiger partial charge in [0.1, 0.15) is 33.9 Å². The Kier molecular flexibility index (Phi) is 17.4. The van der Waals surface area contributed by atoms with E-state index in [4.69, 9.17) is 28.4 Å². The maximum Gasteiger partial charge on any atom is 0.338 e. The highest BCUT2D eigenvalue weighted by atomic mass is 79.9. The van der Waals surface area contributed by atoms with Crippen molar-refractivity contribution in [2.45, 2.75) is 105 Å². The van der Waals surface area contributed by atoms with E-state index in [9.17, 15) is 19.2 Å². The molecular formula is C58H62Br2O10P2. The first-order valence-electron chi connectivity index (χ1n) is 23.3. The van der Waals surface area contributed by atoms with Crippen molar-refractivity contribution in [3.8, 4) is 22.6 Å². The van der Waals surface area contributed by atoms with E-state index in [1.807, 2.05) is 156 Å². The third-order valence-electron chi connectivity index (χ3n) is 10.4. The van der Waals surface area contributed by atoms with Crippen molar-refractivity contribution in [1.29, 1.82) is 0 Å². The van der Waals surface area contributed by atoms with Crippen LogP contribution >= 0.6 is 47.7 Å². The van der Waals surface area contributed by atoms with Crippen LogP contribution in [0.15, 0.2) is 130 Å². The molecular weight excluding hydrogens is 1080 g/mol. The third kappa shape index (κ3) is 14.0. The molecule has 6 aromatic carbocycles. The summed E-state index contributed by atoms with van der Waals surface area (Å²) in [5.41, 5.74) is 0.243. The van der Waals surface area contributed by atoms with E-state index < -0.39 is 62.1 Å². The summed E-state index contributed by atoms with van der Waals surface area (Å²) >= 11 is 8.05. The van der Waals surface area contributed by atoms with Crippen LogP contribution in [-0.4, -0.2) is 60.5 Å². The standard InChI is InChI=1S/C58H62Br2O10P2/c1-55(2,3)67-51(61)35-15-23-39(24-16-35)71(40-25-17-36(18-26-40)52(62)68-56(4,5)6)49-43(59)31-33-45(65-13)47(49)48-46(66-14)34-32-44(60)50(48)72(41-27-19-37(20-28-41)53(63)69-57(7,8)9)42-29-21-38(22-30-42)54(64)70-58(10,11)12/h15-34H,1-14H3. The van der Waals surface area contributed by atoms with Gasteiger partial charge in [-0.3, -0.25) is 0 Å². The number of ether oxygens (including phenoxy) is 6. The number of rotatable bonds is 13. The second-order valence-corrected chi connectivity index (χ2v) is 26.8. The molecule has 10 nitrogen and oxygen atoms in total. The fourth-order valence-corrected chi connectivity index (χ4v) is 14.1. The van der Waals surface area contributed by atoms with E-state index >= 15 is 0 Å². The molecule has 0 aliphatic heterocycles.